The van der Waals surface area contributed by atoms with E-state index in [2.05, 4.69) is 11.2 Å². The Bertz CT molecular complexity index is 449. The van der Waals surface area contributed by atoms with Gasteiger partial charge in [0.1, 0.15) is 0 Å². The first-order chi connectivity index (χ1) is 8.27. The summed E-state index contributed by atoms with van der Waals surface area (Å²) in [4.78, 5) is 11.6. The van der Waals surface area contributed by atoms with E-state index in [1.807, 2.05) is 6.07 Å². The molecule has 0 heterocycles. The Morgan fingerprint density at radius 2 is 2.00 bits per heavy atom. The number of benzene rings is 1. The molecule has 0 saturated heterocycles. The molecule has 1 amide bonds. The van der Waals surface area contributed by atoms with E-state index in [0.717, 1.165) is 19.3 Å². The summed E-state index contributed by atoms with van der Waals surface area (Å²) in [5.74, 6) is 2.44. The maximum Gasteiger partial charge on any atom is 0.251 e. The highest BCUT2D eigenvalue weighted by molar-refractivity contribution is 5.94. The van der Waals surface area contributed by atoms with Crippen molar-refractivity contribution in [3.05, 3.63) is 35.4 Å². The van der Waals surface area contributed by atoms with Crippen LogP contribution in [-0.2, 0) is 0 Å². The molecule has 0 aliphatic rings. The molecule has 0 unspecified atom stereocenters. The number of carbonyl (C=O) groups excluding carboxylic acids is 1. The van der Waals surface area contributed by atoms with Crippen molar-refractivity contribution in [2.45, 2.75) is 19.3 Å². The Morgan fingerprint density at radius 1 is 1.29 bits per heavy atom. The maximum atomic E-state index is 11.6. The molecule has 0 atom stereocenters. The van der Waals surface area contributed by atoms with Gasteiger partial charge in [0.05, 0.1) is 11.6 Å². The molecule has 0 aliphatic carbocycles. The first kappa shape index (κ1) is 12.8. The van der Waals surface area contributed by atoms with Gasteiger partial charge in [-0.25, -0.2) is 0 Å². The van der Waals surface area contributed by atoms with E-state index in [0.29, 0.717) is 17.7 Å². The SMILES string of the molecule is C#CCCCCNC(=O)c1ccc(C#N)cc1. The van der Waals surface area contributed by atoms with Crippen LogP contribution in [-0.4, -0.2) is 12.5 Å². The average Bonchev–Trinajstić information content (AvgIpc) is 2.38. The molecule has 1 aromatic rings. The number of terminal acetylenes is 1. The van der Waals surface area contributed by atoms with Crippen LogP contribution >= 0.6 is 0 Å². The van der Waals surface area contributed by atoms with Gasteiger partial charge in [-0.2, -0.15) is 5.26 Å². The van der Waals surface area contributed by atoms with Crippen LogP contribution in [0, 0.1) is 23.7 Å². The van der Waals surface area contributed by atoms with E-state index in [9.17, 15) is 4.79 Å². The largest absolute Gasteiger partial charge is 0.352 e. The van der Waals surface area contributed by atoms with Gasteiger partial charge >= 0.3 is 0 Å². The molecule has 0 radical (unpaired) electrons. The van der Waals surface area contributed by atoms with Crippen LogP contribution in [0.25, 0.3) is 0 Å². The van der Waals surface area contributed by atoms with E-state index in [1.165, 1.54) is 0 Å². The molecule has 86 valence electrons. The predicted octanol–water partition coefficient (Wildman–Crippen LogP) is 2.09. The smallest absolute Gasteiger partial charge is 0.251 e. The fourth-order valence-electron chi connectivity index (χ4n) is 1.35. The second-order valence-electron chi connectivity index (χ2n) is 3.61. The molecule has 3 nitrogen and oxygen atoms in total. The van der Waals surface area contributed by atoms with Crippen molar-refractivity contribution in [1.29, 1.82) is 5.26 Å². The van der Waals surface area contributed by atoms with E-state index in [1.54, 1.807) is 24.3 Å². The molecule has 0 spiro atoms. The number of amides is 1. The van der Waals surface area contributed by atoms with Gasteiger partial charge in [0.2, 0.25) is 0 Å². The van der Waals surface area contributed by atoms with Crippen molar-refractivity contribution in [2.75, 3.05) is 6.54 Å². The van der Waals surface area contributed by atoms with E-state index in [-0.39, 0.29) is 5.91 Å². The first-order valence-electron chi connectivity index (χ1n) is 5.49. The monoisotopic (exact) mass is 226 g/mol. The minimum atomic E-state index is -0.116. The van der Waals surface area contributed by atoms with Crippen molar-refractivity contribution in [1.82, 2.24) is 5.32 Å². The molecule has 0 aromatic heterocycles. The summed E-state index contributed by atoms with van der Waals surface area (Å²) >= 11 is 0. The third-order valence-corrected chi connectivity index (χ3v) is 2.31. The summed E-state index contributed by atoms with van der Waals surface area (Å²) in [6.45, 7) is 0.626. The van der Waals surface area contributed by atoms with Crippen LogP contribution < -0.4 is 5.32 Å². The summed E-state index contributed by atoms with van der Waals surface area (Å²) in [6.07, 6.45) is 7.67. The zero-order valence-electron chi connectivity index (χ0n) is 9.57. The number of rotatable bonds is 5. The highest BCUT2D eigenvalue weighted by Gasteiger charge is 2.03. The molecule has 0 fully saturated rings. The summed E-state index contributed by atoms with van der Waals surface area (Å²) in [6, 6.07) is 8.57. The minimum Gasteiger partial charge on any atom is -0.352 e. The highest BCUT2D eigenvalue weighted by Crippen LogP contribution is 2.03. The Labute approximate surface area is 101 Å². The lowest BCUT2D eigenvalue weighted by Crippen LogP contribution is -2.24. The zero-order valence-corrected chi connectivity index (χ0v) is 9.57. The van der Waals surface area contributed by atoms with Gasteiger partial charge in [-0.1, -0.05) is 0 Å². The number of nitrogens with one attached hydrogen (secondary N) is 1. The van der Waals surface area contributed by atoms with Gasteiger partial charge < -0.3 is 5.32 Å². The predicted molar refractivity (Wildman–Crippen MR) is 66.2 cm³/mol. The molecule has 1 rings (SSSR count). The third-order valence-electron chi connectivity index (χ3n) is 2.31. The molecule has 3 heteroatoms. The number of hydrogen-bond acceptors (Lipinski definition) is 2. The van der Waals surface area contributed by atoms with Crippen molar-refractivity contribution >= 4 is 5.91 Å². The molecule has 0 saturated carbocycles. The standard InChI is InChI=1S/C14H14N2O/c1-2-3-4-5-10-16-14(17)13-8-6-12(11-15)7-9-13/h1,6-9H,3-5,10H2,(H,16,17). The van der Waals surface area contributed by atoms with Crippen LogP contribution in [0.4, 0.5) is 0 Å². The average molecular weight is 226 g/mol. The molecular weight excluding hydrogens is 212 g/mol. The quantitative estimate of drug-likeness (QED) is 0.617. The van der Waals surface area contributed by atoms with E-state index >= 15 is 0 Å². The first-order valence-corrected chi connectivity index (χ1v) is 5.49. The lowest BCUT2D eigenvalue weighted by molar-refractivity contribution is 0.0953. The van der Waals surface area contributed by atoms with Gasteiger partial charge in [0, 0.05) is 18.5 Å². The van der Waals surface area contributed by atoms with Gasteiger partial charge in [-0.05, 0) is 37.1 Å². The normalized spacial score (nSPS) is 9.06. The van der Waals surface area contributed by atoms with Crippen LogP contribution in [0.15, 0.2) is 24.3 Å². The van der Waals surface area contributed by atoms with Gasteiger partial charge in [0.25, 0.3) is 5.91 Å². The van der Waals surface area contributed by atoms with Crippen LogP contribution in [0.2, 0.25) is 0 Å². The van der Waals surface area contributed by atoms with Gasteiger partial charge in [-0.3, -0.25) is 4.79 Å². The number of unbranched alkanes of at least 4 members (excludes halogenated alkanes) is 2. The number of carbonyl (C=O) groups is 1. The highest BCUT2D eigenvalue weighted by atomic mass is 16.1. The Balaban J connectivity index is 2.37. The fraction of sp³-hybridized carbons (Fsp3) is 0.286. The number of nitrogens with zero attached hydrogens (tertiary/aromatic N) is 1. The van der Waals surface area contributed by atoms with Crippen molar-refractivity contribution in [2.24, 2.45) is 0 Å². The summed E-state index contributed by atoms with van der Waals surface area (Å²) < 4.78 is 0. The zero-order chi connectivity index (χ0) is 12.5. The van der Waals surface area contributed by atoms with E-state index < -0.39 is 0 Å². The lowest BCUT2D eigenvalue weighted by atomic mass is 10.1. The van der Waals surface area contributed by atoms with Crippen molar-refractivity contribution in [3.63, 3.8) is 0 Å². The summed E-state index contributed by atoms with van der Waals surface area (Å²) in [7, 11) is 0. The summed E-state index contributed by atoms with van der Waals surface area (Å²) in [5, 5.41) is 11.4. The molecular formula is C14H14N2O. The van der Waals surface area contributed by atoms with Crippen LogP contribution in [0.3, 0.4) is 0 Å². The van der Waals surface area contributed by atoms with Crippen molar-refractivity contribution in [3.8, 4) is 18.4 Å². The minimum absolute atomic E-state index is 0.116. The van der Waals surface area contributed by atoms with Gasteiger partial charge in [0.15, 0.2) is 0 Å². The molecule has 1 N–H and O–H groups in total. The molecule has 1 aromatic carbocycles. The number of hydrogen-bond donors (Lipinski definition) is 1. The maximum absolute atomic E-state index is 11.6. The third kappa shape index (κ3) is 4.40. The Morgan fingerprint density at radius 3 is 2.59 bits per heavy atom. The summed E-state index contributed by atoms with van der Waals surface area (Å²) in [5.41, 5.74) is 1.12. The Hall–Kier alpha value is -2.26. The van der Waals surface area contributed by atoms with E-state index in [4.69, 9.17) is 11.7 Å². The van der Waals surface area contributed by atoms with Crippen LogP contribution in [0.1, 0.15) is 35.2 Å². The van der Waals surface area contributed by atoms with Crippen molar-refractivity contribution < 1.29 is 4.79 Å². The number of nitriles is 1. The molecule has 0 aliphatic heterocycles. The van der Waals surface area contributed by atoms with Gasteiger partial charge in [-0.15, -0.1) is 12.3 Å². The topological polar surface area (TPSA) is 52.9 Å². The second-order valence-corrected chi connectivity index (χ2v) is 3.61. The molecule has 17 heavy (non-hydrogen) atoms. The van der Waals surface area contributed by atoms with Crippen LogP contribution in [0.5, 0.6) is 0 Å². The lowest BCUT2D eigenvalue weighted by Gasteiger charge is -2.04. The second kappa shape index (κ2) is 7.09. The fourth-order valence-corrected chi connectivity index (χ4v) is 1.35. The molecule has 0 bridgehead atoms. The Kier molecular flexibility index (Phi) is 5.34.